The summed E-state index contributed by atoms with van der Waals surface area (Å²) in [5.41, 5.74) is 1.49. The van der Waals surface area contributed by atoms with E-state index in [1.807, 2.05) is 50.9 Å². The molecule has 0 amide bonds. The van der Waals surface area contributed by atoms with Crippen molar-refractivity contribution in [3.05, 3.63) is 35.4 Å². The second kappa shape index (κ2) is 7.39. The Balaban J connectivity index is 2.43. The number of hydrogen-bond donors (Lipinski definition) is 1. The highest BCUT2D eigenvalue weighted by atomic mass is 16.5. The maximum absolute atomic E-state index is 9.94. The summed E-state index contributed by atoms with van der Waals surface area (Å²) in [5, 5.41) is 18.8. The first-order valence-electron chi connectivity index (χ1n) is 6.80. The van der Waals surface area contributed by atoms with Crippen molar-refractivity contribution in [2.45, 2.75) is 39.0 Å². The Morgan fingerprint density at radius 1 is 1.40 bits per heavy atom. The van der Waals surface area contributed by atoms with E-state index in [1.165, 1.54) is 0 Å². The fraction of sp³-hybridized carbons (Fsp3) is 0.562. The molecule has 0 aliphatic carbocycles. The third-order valence-corrected chi connectivity index (χ3v) is 2.74. The molecule has 0 aliphatic heterocycles. The largest absolute Gasteiger partial charge is 0.389 e. The van der Waals surface area contributed by atoms with Crippen molar-refractivity contribution in [2.75, 3.05) is 20.2 Å². The predicted octanol–water partition coefficient (Wildman–Crippen LogP) is 2.17. The van der Waals surface area contributed by atoms with Crippen molar-refractivity contribution in [2.24, 2.45) is 0 Å². The average Bonchev–Trinajstić information content (AvgIpc) is 2.35. The molecule has 20 heavy (non-hydrogen) atoms. The Morgan fingerprint density at radius 3 is 2.70 bits per heavy atom. The van der Waals surface area contributed by atoms with E-state index >= 15 is 0 Å². The van der Waals surface area contributed by atoms with Gasteiger partial charge in [-0.05, 0) is 45.5 Å². The zero-order valence-electron chi connectivity index (χ0n) is 12.8. The molecule has 0 saturated carbocycles. The Kier molecular flexibility index (Phi) is 6.15. The number of aliphatic hydroxyl groups excluding tert-OH is 1. The van der Waals surface area contributed by atoms with Crippen molar-refractivity contribution in [1.82, 2.24) is 4.90 Å². The molecule has 110 valence electrons. The van der Waals surface area contributed by atoms with Gasteiger partial charge in [-0.3, -0.25) is 4.90 Å². The van der Waals surface area contributed by atoms with Gasteiger partial charge >= 0.3 is 0 Å². The van der Waals surface area contributed by atoms with Gasteiger partial charge in [-0.15, -0.1) is 0 Å². The van der Waals surface area contributed by atoms with Crippen molar-refractivity contribution < 1.29 is 9.84 Å². The molecule has 0 spiro atoms. The minimum atomic E-state index is -0.515. The number of benzene rings is 1. The van der Waals surface area contributed by atoms with Gasteiger partial charge in [0.1, 0.15) is 0 Å². The van der Waals surface area contributed by atoms with E-state index in [-0.39, 0.29) is 5.60 Å². The molecule has 1 unspecified atom stereocenters. The van der Waals surface area contributed by atoms with Crippen LogP contribution in [-0.4, -0.2) is 41.9 Å². The molecular weight excluding hydrogens is 252 g/mol. The number of nitriles is 1. The van der Waals surface area contributed by atoms with E-state index in [1.54, 1.807) is 6.07 Å². The highest BCUT2D eigenvalue weighted by molar-refractivity contribution is 5.32. The molecule has 0 saturated heterocycles. The molecule has 1 atom stereocenters. The SMILES string of the molecule is CN(Cc1cccc(C#N)c1)CC(O)COC(C)(C)C. The lowest BCUT2D eigenvalue weighted by Crippen LogP contribution is -2.34. The van der Waals surface area contributed by atoms with E-state index in [4.69, 9.17) is 10.00 Å². The van der Waals surface area contributed by atoms with Gasteiger partial charge in [0.2, 0.25) is 0 Å². The molecule has 4 nitrogen and oxygen atoms in total. The van der Waals surface area contributed by atoms with E-state index in [0.29, 0.717) is 25.3 Å². The van der Waals surface area contributed by atoms with Crippen LogP contribution in [0, 0.1) is 11.3 Å². The Bertz CT molecular complexity index is 460. The van der Waals surface area contributed by atoms with Crippen LogP contribution < -0.4 is 0 Å². The van der Waals surface area contributed by atoms with Crippen LogP contribution >= 0.6 is 0 Å². The Hall–Kier alpha value is -1.41. The number of aliphatic hydroxyl groups is 1. The van der Waals surface area contributed by atoms with Crippen LogP contribution in [0.3, 0.4) is 0 Å². The third kappa shape index (κ3) is 6.67. The number of nitrogens with zero attached hydrogens (tertiary/aromatic N) is 2. The molecule has 1 aromatic carbocycles. The first-order valence-corrected chi connectivity index (χ1v) is 6.80. The highest BCUT2D eigenvalue weighted by Crippen LogP contribution is 2.09. The molecule has 0 aliphatic rings. The summed E-state index contributed by atoms with van der Waals surface area (Å²) >= 11 is 0. The molecular formula is C16H24N2O2. The van der Waals surface area contributed by atoms with E-state index < -0.39 is 6.10 Å². The van der Waals surface area contributed by atoms with Crippen molar-refractivity contribution in [3.8, 4) is 6.07 Å². The van der Waals surface area contributed by atoms with Crippen LogP contribution in [0.25, 0.3) is 0 Å². The topological polar surface area (TPSA) is 56.5 Å². The summed E-state index contributed by atoms with van der Waals surface area (Å²) in [4.78, 5) is 2.02. The summed E-state index contributed by atoms with van der Waals surface area (Å²) in [6, 6.07) is 9.64. The van der Waals surface area contributed by atoms with E-state index in [9.17, 15) is 5.11 Å². The van der Waals surface area contributed by atoms with Crippen LogP contribution in [0.15, 0.2) is 24.3 Å². The van der Waals surface area contributed by atoms with Gasteiger partial charge in [0.25, 0.3) is 0 Å². The van der Waals surface area contributed by atoms with Crippen molar-refractivity contribution in [3.63, 3.8) is 0 Å². The first-order chi connectivity index (χ1) is 9.30. The number of likely N-dealkylation sites (N-methyl/N-ethyl adjacent to an activating group) is 1. The molecule has 0 radical (unpaired) electrons. The quantitative estimate of drug-likeness (QED) is 0.865. The van der Waals surface area contributed by atoms with Crippen molar-refractivity contribution in [1.29, 1.82) is 5.26 Å². The first kappa shape index (κ1) is 16.6. The highest BCUT2D eigenvalue weighted by Gasteiger charge is 2.15. The minimum Gasteiger partial charge on any atom is -0.389 e. The fourth-order valence-corrected chi connectivity index (χ4v) is 1.87. The van der Waals surface area contributed by atoms with Crippen molar-refractivity contribution >= 4 is 0 Å². The molecule has 0 aromatic heterocycles. The smallest absolute Gasteiger partial charge is 0.0991 e. The maximum Gasteiger partial charge on any atom is 0.0991 e. The molecule has 1 N–H and O–H groups in total. The number of rotatable bonds is 6. The lowest BCUT2D eigenvalue weighted by molar-refractivity contribution is -0.0550. The Labute approximate surface area is 121 Å². The monoisotopic (exact) mass is 276 g/mol. The summed E-state index contributed by atoms with van der Waals surface area (Å²) in [7, 11) is 1.94. The van der Waals surface area contributed by atoms with Gasteiger partial charge in [-0.2, -0.15) is 5.26 Å². The van der Waals surface area contributed by atoms with Gasteiger partial charge in [0.15, 0.2) is 0 Å². The zero-order valence-corrected chi connectivity index (χ0v) is 12.8. The number of ether oxygens (including phenoxy) is 1. The Morgan fingerprint density at radius 2 is 2.10 bits per heavy atom. The van der Waals surface area contributed by atoms with E-state index in [2.05, 4.69) is 6.07 Å². The lowest BCUT2D eigenvalue weighted by atomic mass is 10.1. The van der Waals surface area contributed by atoms with Gasteiger partial charge in [0.05, 0.1) is 29.9 Å². The summed E-state index contributed by atoms with van der Waals surface area (Å²) < 4.78 is 5.56. The van der Waals surface area contributed by atoms with Gasteiger partial charge in [-0.1, -0.05) is 12.1 Å². The zero-order chi connectivity index (χ0) is 15.2. The van der Waals surface area contributed by atoms with Crippen LogP contribution in [0.2, 0.25) is 0 Å². The van der Waals surface area contributed by atoms with Gasteiger partial charge < -0.3 is 9.84 Å². The lowest BCUT2D eigenvalue weighted by Gasteiger charge is -2.25. The summed E-state index contributed by atoms with van der Waals surface area (Å²) in [5.74, 6) is 0. The number of hydrogen-bond acceptors (Lipinski definition) is 4. The van der Waals surface area contributed by atoms with E-state index in [0.717, 1.165) is 5.56 Å². The normalized spacial score (nSPS) is 13.2. The third-order valence-electron chi connectivity index (χ3n) is 2.74. The molecule has 0 heterocycles. The predicted molar refractivity (Wildman–Crippen MR) is 79.2 cm³/mol. The van der Waals surface area contributed by atoms with Gasteiger partial charge in [0, 0.05) is 13.1 Å². The minimum absolute atomic E-state index is 0.235. The van der Waals surface area contributed by atoms with Crippen LogP contribution in [0.5, 0.6) is 0 Å². The second-order valence-corrected chi connectivity index (χ2v) is 6.09. The average molecular weight is 276 g/mol. The second-order valence-electron chi connectivity index (χ2n) is 6.09. The molecule has 1 rings (SSSR count). The van der Waals surface area contributed by atoms with Crippen LogP contribution in [0.1, 0.15) is 31.9 Å². The van der Waals surface area contributed by atoms with Crippen LogP contribution in [-0.2, 0) is 11.3 Å². The molecule has 4 heteroatoms. The van der Waals surface area contributed by atoms with Gasteiger partial charge in [-0.25, -0.2) is 0 Å². The van der Waals surface area contributed by atoms with Crippen LogP contribution in [0.4, 0.5) is 0 Å². The maximum atomic E-state index is 9.94. The molecule has 1 aromatic rings. The molecule has 0 bridgehead atoms. The summed E-state index contributed by atoms with van der Waals surface area (Å²) in [6.45, 7) is 7.46. The fourth-order valence-electron chi connectivity index (χ4n) is 1.87. The summed E-state index contributed by atoms with van der Waals surface area (Å²) in [6.07, 6.45) is -0.515. The molecule has 0 fully saturated rings. The standard InChI is InChI=1S/C16H24N2O2/c1-16(2,3)20-12-15(19)11-18(4)10-14-7-5-6-13(8-14)9-17/h5-8,15,19H,10-12H2,1-4H3.